The molecule has 0 saturated heterocycles. The molecule has 0 spiro atoms. The lowest BCUT2D eigenvalue weighted by atomic mass is 10.1. The predicted octanol–water partition coefficient (Wildman–Crippen LogP) is 3.40. The smallest absolute Gasteiger partial charge is 0.267 e. The molecule has 4 aromatic rings. The molecule has 0 unspecified atom stereocenters. The lowest BCUT2D eigenvalue weighted by molar-refractivity contribution is -0.121. The third kappa shape index (κ3) is 5.28. The van der Waals surface area contributed by atoms with Crippen LogP contribution in [0.3, 0.4) is 0 Å². The normalized spacial score (nSPS) is 10.7. The first-order chi connectivity index (χ1) is 15.6. The molecule has 0 saturated carbocycles. The number of ether oxygens (including phenoxy) is 1. The molecule has 2 heterocycles. The van der Waals surface area contributed by atoms with Gasteiger partial charge in [-0.15, -0.1) is 11.3 Å². The first kappa shape index (κ1) is 21.5. The topological polar surface area (TPSA) is 86.1 Å². The molecular weight excluding hydrogens is 424 g/mol. The monoisotopic (exact) mass is 446 g/mol. The van der Waals surface area contributed by atoms with Gasteiger partial charge in [0.2, 0.25) is 5.91 Å². The quantitative estimate of drug-likeness (QED) is 0.448. The number of thiazole rings is 1. The van der Waals surface area contributed by atoms with Gasteiger partial charge in [-0.25, -0.2) is 9.67 Å². The van der Waals surface area contributed by atoms with Gasteiger partial charge in [0.05, 0.1) is 18.5 Å². The van der Waals surface area contributed by atoms with E-state index >= 15 is 0 Å². The number of aromatic nitrogens is 3. The van der Waals surface area contributed by atoms with E-state index < -0.39 is 0 Å². The minimum absolute atomic E-state index is 0.144. The fourth-order valence-electron chi connectivity index (χ4n) is 3.13. The third-order valence-corrected chi connectivity index (χ3v) is 5.76. The van der Waals surface area contributed by atoms with Gasteiger partial charge in [-0.1, -0.05) is 30.3 Å². The maximum absolute atomic E-state index is 12.4. The van der Waals surface area contributed by atoms with E-state index in [1.54, 1.807) is 24.5 Å². The molecule has 1 N–H and O–H groups in total. The molecule has 0 radical (unpaired) electrons. The second-order valence-electron chi connectivity index (χ2n) is 7.05. The summed E-state index contributed by atoms with van der Waals surface area (Å²) >= 11 is 1.58. The summed E-state index contributed by atoms with van der Waals surface area (Å²) in [5.74, 6) is 0.461. The van der Waals surface area contributed by atoms with Gasteiger partial charge in [-0.2, -0.15) is 5.10 Å². The van der Waals surface area contributed by atoms with Crippen LogP contribution in [0, 0.1) is 0 Å². The highest BCUT2D eigenvalue weighted by atomic mass is 32.1. The van der Waals surface area contributed by atoms with Crippen LogP contribution in [0.1, 0.15) is 5.69 Å². The van der Waals surface area contributed by atoms with Crippen molar-refractivity contribution >= 4 is 17.2 Å². The summed E-state index contributed by atoms with van der Waals surface area (Å²) in [6.07, 6.45) is 0.614. The Hall–Kier alpha value is -3.78. The summed E-state index contributed by atoms with van der Waals surface area (Å²) in [5, 5.41) is 10.1. The van der Waals surface area contributed by atoms with E-state index in [0.29, 0.717) is 18.7 Å². The van der Waals surface area contributed by atoms with Crippen molar-refractivity contribution in [2.24, 2.45) is 0 Å². The summed E-state index contributed by atoms with van der Waals surface area (Å²) in [4.78, 5) is 29.2. The van der Waals surface area contributed by atoms with Crippen LogP contribution in [0.15, 0.2) is 76.9 Å². The van der Waals surface area contributed by atoms with E-state index in [1.807, 2.05) is 60.0 Å². The molecule has 162 valence electrons. The Morgan fingerprint density at radius 3 is 2.56 bits per heavy atom. The van der Waals surface area contributed by atoms with Crippen LogP contribution in [0.2, 0.25) is 0 Å². The Kier molecular flexibility index (Phi) is 6.72. The van der Waals surface area contributed by atoms with Crippen molar-refractivity contribution < 1.29 is 9.53 Å². The molecule has 0 fully saturated rings. The van der Waals surface area contributed by atoms with E-state index in [4.69, 9.17) is 4.74 Å². The molecule has 32 heavy (non-hydrogen) atoms. The van der Waals surface area contributed by atoms with Crippen LogP contribution < -0.4 is 15.6 Å². The maximum Gasteiger partial charge on any atom is 0.267 e. The number of carbonyl (C=O) groups is 1. The summed E-state index contributed by atoms with van der Waals surface area (Å²) < 4.78 is 6.33. The van der Waals surface area contributed by atoms with E-state index in [9.17, 15) is 9.59 Å². The molecule has 0 aliphatic rings. The Labute approximate surface area is 189 Å². The zero-order valence-electron chi connectivity index (χ0n) is 17.5. The maximum atomic E-state index is 12.4. The molecule has 0 aliphatic carbocycles. The standard InChI is InChI=1S/C24H22N4O3S/c1-31-20-9-7-17(8-10-20)21-11-12-23(30)28(27-21)15-22(29)25-14-13-19-16-32-24(26-19)18-5-3-2-4-6-18/h2-12,16H,13-15H2,1H3,(H,25,29). The van der Waals surface area contributed by atoms with Crippen LogP contribution in [-0.2, 0) is 17.8 Å². The van der Waals surface area contributed by atoms with Gasteiger partial charge < -0.3 is 10.1 Å². The minimum Gasteiger partial charge on any atom is -0.497 e. The number of hydrogen-bond donors (Lipinski definition) is 1. The number of benzene rings is 2. The first-order valence-electron chi connectivity index (χ1n) is 10.1. The number of nitrogens with zero attached hydrogens (tertiary/aromatic N) is 3. The van der Waals surface area contributed by atoms with Crippen LogP contribution in [0.25, 0.3) is 21.8 Å². The Balaban J connectivity index is 1.34. The molecular formula is C24H22N4O3S. The zero-order valence-corrected chi connectivity index (χ0v) is 18.3. The molecule has 2 aromatic carbocycles. The number of rotatable bonds is 8. The summed E-state index contributed by atoms with van der Waals surface area (Å²) in [6.45, 7) is 0.291. The predicted molar refractivity (Wildman–Crippen MR) is 125 cm³/mol. The van der Waals surface area contributed by atoms with Crippen molar-refractivity contribution in [3.8, 4) is 27.6 Å². The fourth-order valence-corrected chi connectivity index (χ4v) is 4.00. The fraction of sp³-hybridized carbons (Fsp3) is 0.167. The summed E-state index contributed by atoms with van der Waals surface area (Å²) in [6, 6.07) is 20.4. The van der Waals surface area contributed by atoms with E-state index in [0.717, 1.165) is 27.6 Å². The summed E-state index contributed by atoms with van der Waals surface area (Å²) in [7, 11) is 1.60. The first-order valence-corrected chi connectivity index (χ1v) is 11.0. The lowest BCUT2D eigenvalue weighted by Gasteiger charge is -2.08. The SMILES string of the molecule is COc1ccc(-c2ccc(=O)n(CC(=O)NCCc3csc(-c4ccccc4)n3)n2)cc1. The van der Waals surface area contributed by atoms with Gasteiger partial charge in [-0.05, 0) is 30.3 Å². The Morgan fingerprint density at radius 2 is 1.81 bits per heavy atom. The largest absolute Gasteiger partial charge is 0.497 e. The van der Waals surface area contributed by atoms with Gasteiger partial charge >= 0.3 is 0 Å². The number of nitrogens with one attached hydrogen (secondary N) is 1. The summed E-state index contributed by atoms with van der Waals surface area (Å²) in [5.41, 5.74) is 3.11. The highest BCUT2D eigenvalue weighted by Gasteiger charge is 2.09. The van der Waals surface area contributed by atoms with E-state index in [2.05, 4.69) is 15.4 Å². The number of amides is 1. The van der Waals surface area contributed by atoms with Crippen molar-refractivity contribution in [1.82, 2.24) is 20.1 Å². The lowest BCUT2D eigenvalue weighted by Crippen LogP contribution is -2.34. The van der Waals surface area contributed by atoms with Crippen molar-refractivity contribution in [3.63, 3.8) is 0 Å². The highest BCUT2D eigenvalue weighted by Crippen LogP contribution is 2.23. The zero-order chi connectivity index (χ0) is 22.3. The molecule has 7 nitrogen and oxygen atoms in total. The number of methoxy groups -OCH3 is 1. The van der Waals surface area contributed by atoms with Crippen LogP contribution in [0.5, 0.6) is 5.75 Å². The van der Waals surface area contributed by atoms with Crippen molar-refractivity contribution in [3.05, 3.63) is 88.2 Å². The Bertz CT molecular complexity index is 1250. The van der Waals surface area contributed by atoms with Crippen molar-refractivity contribution in [2.75, 3.05) is 13.7 Å². The molecule has 0 aliphatic heterocycles. The van der Waals surface area contributed by atoms with Gasteiger partial charge in [0, 0.05) is 35.5 Å². The Morgan fingerprint density at radius 1 is 1.03 bits per heavy atom. The average molecular weight is 447 g/mol. The van der Waals surface area contributed by atoms with Crippen molar-refractivity contribution in [1.29, 1.82) is 0 Å². The van der Waals surface area contributed by atoms with Crippen LogP contribution >= 0.6 is 11.3 Å². The molecule has 4 rings (SSSR count). The van der Waals surface area contributed by atoms with Gasteiger partial charge in [-0.3, -0.25) is 9.59 Å². The average Bonchev–Trinajstić information content (AvgIpc) is 3.30. The van der Waals surface area contributed by atoms with Gasteiger partial charge in [0.1, 0.15) is 17.3 Å². The number of hydrogen-bond acceptors (Lipinski definition) is 6. The van der Waals surface area contributed by atoms with Gasteiger partial charge in [0.25, 0.3) is 5.56 Å². The van der Waals surface area contributed by atoms with Crippen LogP contribution in [-0.4, -0.2) is 34.3 Å². The van der Waals surface area contributed by atoms with E-state index in [1.165, 1.54) is 10.7 Å². The molecule has 1 amide bonds. The molecule has 0 atom stereocenters. The van der Waals surface area contributed by atoms with Gasteiger partial charge in [0.15, 0.2) is 0 Å². The van der Waals surface area contributed by atoms with Crippen LogP contribution in [0.4, 0.5) is 0 Å². The number of carbonyl (C=O) groups excluding carboxylic acids is 1. The van der Waals surface area contributed by atoms with E-state index in [-0.39, 0.29) is 18.0 Å². The van der Waals surface area contributed by atoms with Crippen molar-refractivity contribution in [2.45, 2.75) is 13.0 Å². The highest BCUT2D eigenvalue weighted by molar-refractivity contribution is 7.13. The molecule has 2 aromatic heterocycles. The molecule has 0 bridgehead atoms. The second kappa shape index (κ2) is 10.0. The molecule has 8 heteroatoms. The minimum atomic E-state index is -0.329. The second-order valence-corrected chi connectivity index (χ2v) is 7.91. The third-order valence-electron chi connectivity index (χ3n) is 4.82.